The summed E-state index contributed by atoms with van der Waals surface area (Å²) in [7, 11) is -5.85. The van der Waals surface area contributed by atoms with Gasteiger partial charge < -0.3 is 23.9 Å². The maximum atomic E-state index is 9.39. The first-order chi connectivity index (χ1) is 3.13. The molecule has 0 rings (SSSR count). The third-order valence-electron chi connectivity index (χ3n) is 0.140. The topological polar surface area (TPSA) is 95.8 Å². The number of hydrogen-bond acceptors (Lipinski definition) is 5. The van der Waals surface area contributed by atoms with Gasteiger partial charge in [-0.15, -0.1) is 0 Å². The summed E-state index contributed by atoms with van der Waals surface area (Å²) < 4.78 is 3.38. The minimum atomic E-state index is -2.92. The van der Waals surface area contributed by atoms with Gasteiger partial charge in [0.1, 0.15) is 0 Å². The van der Waals surface area contributed by atoms with Crippen LogP contribution in [0.1, 0.15) is 0 Å². The van der Waals surface area contributed by atoms with Crippen LogP contribution >= 0.6 is 17.2 Å². The van der Waals surface area contributed by atoms with E-state index in [1.54, 1.807) is 0 Å². The molecule has 0 aromatic rings. The van der Waals surface area contributed by atoms with Gasteiger partial charge in [0.15, 0.2) is 0 Å². The zero-order valence-corrected chi connectivity index (χ0v) is 6.80. The molecule has 2 atom stereocenters. The largest absolute Gasteiger partial charge is 1.00 e. The Labute approximate surface area is 78.8 Å². The van der Waals surface area contributed by atoms with Crippen LogP contribution in [0.2, 0.25) is 0 Å². The number of hydrogen-bond donors (Lipinski definition) is 2. The van der Waals surface area contributed by atoms with Crippen LogP contribution in [0.3, 0.4) is 0 Å². The predicted octanol–water partition coefficient (Wildman–Crippen LogP) is -7.83. The van der Waals surface area contributed by atoms with Crippen molar-refractivity contribution < 1.29 is 61.6 Å². The van der Waals surface area contributed by atoms with E-state index < -0.39 is 17.2 Å². The van der Waals surface area contributed by atoms with Gasteiger partial charge in [-0.25, -0.2) is 0 Å². The van der Waals surface area contributed by atoms with E-state index >= 15 is 0 Å². The second-order valence-electron chi connectivity index (χ2n) is 0.557. The molecule has 5 nitrogen and oxygen atoms in total. The minimum Gasteiger partial charge on any atom is -0.786 e. The van der Waals surface area contributed by atoms with Crippen molar-refractivity contribution in [2.45, 2.75) is 0 Å². The molecule has 0 fully saturated rings. The average Bonchev–Trinajstić information content (AvgIpc) is 1.27. The summed E-state index contributed by atoms with van der Waals surface area (Å²) >= 11 is 0. The Hall–Kier alpha value is 1.85. The van der Waals surface area contributed by atoms with Crippen LogP contribution in [0.15, 0.2) is 0 Å². The van der Waals surface area contributed by atoms with Crippen molar-refractivity contribution in [3.05, 3.63) is 0 Å². The molecule has 0 aliphatic carbocycles. The summed E-state index contributed by atoms with van der Waals surface area (Å²) in [6.45, 7) is 0. The maximum absolute atomic E-state index is 9.39. The van der Waals surface area contributed by atoms with Crippen molar-refractivity contribution in [1.82, 2.24) is 0 Å². The van der Waals surface area contributed by atoms with Crippen LogP contribution in [0.5, 0.6) is 0 Å². The second-order valence-corrected chi connectivity index (χ2v) is 2.16. The molecule has 2 N–H and O–H groups in total. The van der Waals surface area contributed by atoms with Crippen LogP contribution in [-0.2, 0) is 4.31 Å². The van der Waals surface area contributed by atoms with Crippen LogP contribution in [-0.4, -0.2) is 9.79 Å². The maximum Gasteiger partial charge on any atom is 1.00 e. The Morgan fingerprint density at radius 3 is 1.22 bits per heavy atom. The van der Waals surface area contributed by atoms with Gasteiger partial charge >= 0.3 is 37.7 Å². The van der Waals surface area contributed by atoms with Crippen LogP contribution in [0.25, 0.3) is 0 Å². The summed E-state index contributed by atoms with van der Waals surface area (Å²) in [6.07, 6.45) is 0. The number of rotatable bonds is 2. The van der Waals surface area contributed by atoms with Gasteiger partial charge in [0.05, 0.1) is 17.2 Å². The molecule has 0 radical (unpaired) electrons. The first-order valence-electron chi connectivity index (χ1n) is 1.13. The Kier molecular flexibility index (Phi) is 18.7. The Morgan fingerprint density at radius 1 is 1.00 bits per heavy atom. The van der Waals surface area contributed by atoms with E-state index in [1.165, 1.54) is 0 Å². The van der Waals surface area contributed by atoms with Gasteiger partial charge in [-0.2, -0.15) is 0 Å². The van der Waals surface area contributed by atoms with Crippen molar-refractivity contribution in [1.29, 1.82) is 0 Å². The van der Waals surface area contributed by atoms with Gasteiger partial charge in [0, 0.05) is 0 Å². The van der Waals surface area contributed by atoms with Crippen LogP contribution in [0, 0.1) is 0 Å². The second kappa shape index (κ2) is 9.85. The molecule has 0 aliphatic rings. The molecule has 0 spiro atoms. The molecular formula is H2Li2O5P2. The fourth-order valence-corrected chi connectivity index (χ4v) is 0.538. The van der Waals surface area contributed by atoms with E-state index in [0.29, 0.717) is 0 Å². The Bertz CT molecular complexity index is 42.2. The average molecular weight is 158 g/mol. The molecule has 0 saturated heterocycles. The van der Waals surface area contributed by atoms with Crippen LogP contribution < -0.4 is 47.5 Å². The molecule has 0 aliphatic heterocycles. The van der Waals surface area contributed by atoms with Gasteiger partial charge in [0.25, 0.3) is 0 Å². The van der Waals surface area contributed by atoms with Gasteiger partial charge in [-0.1, -0.05) is 0 Å². The summed E-state index contributed by atoms with van der Waals surface area (Å²) in [5.74, 6) is 0. The normalized spacial score (nSPS) is 14.7. The summed E-state index contributed by atoms with van der Waals surface area (Å²) in [5, 5.41) is 0. The molecule has 9 heteroatoms. The van der Waals surface area contributed by atoms with E-state index in [0.717, 1.165) is 0 Å². The van der Waals surface area contributed by atoms with Gasteiger partial charge in [-0.3, -0.25) is 0 Å². The smallest absolute Gasteiger partial charge is 0.786 e. The fraction of sp³-hybridized carbons (Fsp3) is 0. The first kappa shape index (κ1) is 17.1. The zero-order valence-electron chi connectivity index (χ0n) is 5.01. The molecule has 0 bridgehead atoms. The molecule has 9 heavy (non-hydrogen) atoms. The Balaban J connectivity index is -0.000000180. The van der Waals surface area contributed by atoms with Gasteiger partial charge in [-0.05, 0) is 0 Å². The van der Waals surface area contributed by atoms with E-state index in [-0.39, 0.29) is 37.7 Å². The third kappa shape index (κ3) is 17.7. The van der Waals surface area contributed by atoms with Crippen molar-refractivity contribution in [3.8, 4) is 0 Å². The summed E-state index contributed by atoms with van der Waals surface area (Å²) in [5.41, 5.74) is 0. The van der Waals surface area contributed by atoms with E-state index in [4.69, 9.17) is 9.79 Å². The SMILES string of the molecule is [Li+].[Li+].[O-]P(O)OP([O-])O. The summed E-state index contributed by atoms with van der Waals surface area (Å²) in [6, 6.07) is 0. The Morgan fingerprint density at radius 2 is 1.22 bits per heavy atom. The van der Waals surface area contributed by atoms with E-state index in [2.05, 4.69) is 4.31 Å². The molecule has 0 heterocycles. The monoisotopic (exact) mass is 158 g/mol. The molecule has 2 unspecified atom stereocenters. The molecular weight excluding hydrogens is 156 g/mol. The first-order valence-corrected chi connectivity index (χ1v) is 3.39. The fourth-order valence-electron chi connectivity index (χ4n) is 0.0598. The molecule has 0 amide bonds. The van der Waals surface area contributed by atoms with Gasteiger partial charge in [0.2, 0.25) is 0 Å². The van der Waals surface area contributed by atoms with Crippen LogP contribution in [0.4, 0.5) is 0 Å². The van der Waals surface area contributed by atoms with E-state index in [9.17, 15) is 9.79 Å². The molecule has 0 aromatic heterocycles. The molecule has 44 valence electrons. The standard InChI is InChI=1S/2Li.H2O5P2/c;;1-6(2)5-7(3)4/h;;1,3H/q2*+1;-2. The zero-order chi connectivity index (χ0) is 5.86. The van der Waals surface area contributed by atoms with Crippen molar-refractivity contribution >= 4 is 17.2 Å². The van der Waals surface area contributed by atoms with Crippen molar-refractivity contribution in [2.24, 2.45) is 0 Å². The quantitative estimate of drug-likeness (QED) is 0.307. The molecule has 0 aromatic carbocycles. The van der Waals surface area contributed by atoms with E-state index in [1.807, 2.05) is 0 Å². The predicted molar refractivity (Wildman–Crippen MR) is 19.4 cm³/mol. The third-order valence-corrected chi connectivity index (χ3v) is 1.26. The summed E-state index contributed by atoms with van der Waals surface area (Å²) in [4.78, 5) is 34.1. The van der Waals surface area contributed by atoms with Crippen molar-refractivity contribution in [3.63, 3.8) is 0 Å². The van der Waals surface area contributed by atoms with Crippen molar-refractivity contribution in [2.75, 3.05) is 0 Å². The molecule has 0 saturated carbocycles. The minimum absolute atomic E-state index is 0.